The molecule has 8 nitrogen and oxygen atoms in total. The summed E-state index contributed by atoms with van der Waals surface area (Å²) in [4.78, 5) is 18.8. The topological polar surface area (TPSA) is 94.1 Å². The fraction of sp³-hybridized carbons (Fsp3) is 0.600. The lowest BCUT2D eigenvalue weighted by Crippen LogP contribution is -2.46. The van der Waals surface area contributed by atoms with E-state index in [1.54, 1.807) is 25.2 Å². The van der Waals surface area contributed by atoms with Crippen LogP contribution < -0.4 is 10.6 Å². The summed E-state index contributed by atoms with van der Waals surface area (Å²) in [6.45, 7) is 4.67. The number of piperidine rings is 1. The normalized spacial score (nSPS) is 16.2. The Hall–Kier alpha value is -2.13. The van der Waals surface area contributed by atoms with Crippen molar-refractivity contribution in [2.75, 3.05) is 40.8 Å². The van der Waals surface area contributed by atoms with Gasteiger partial charge in [0, 0.05) is 47.2 Å². The quantitative estimate of drug-likeness (QED) is 0.509. The SMILES string of the molecule is CCNC(=NCc1ccccc1S(=O)(=O)N(C)C)N1CCC(CC(=O)NC)CC1. The standard InChI is InChI=1S/C20H33N5O3S/c1-5-22-20(25-12-10-16(11-13-25)14-19(26)21-2)23-15-17-8-6-7-9-18(17)29(27,28)24(3)4/h6-9,16H,5,10-15H2,1-4H3,(H,21,26)(H,22,23). The molecule has 2 N–H and O–H groups in total. The van der Waals surface area contributed by atoms with Crippen LogP contribution in [0.1, 0.15) is 31.7 Å². The van der Waals surface area contributed by atoms with E-state index in [2.05, 4.69) is 15.5 Å². The van der Waals surface area contributed by atoms with Crippen LogP contribution >= 0.6 is 0 Å². The van der Waals surface area contributed by atoms with E-state index >= 15 is 0 Å². The summed E-state index contributed by atoms with van der Waals surface area (Å²) in [6, 6.07) is 6.99. The summed E-state index contributed by atoms with van der Waals surface area (Å²) in [5.74, 6) is 1.26. The number of rotatable bonds is 7. The van der Waals surface area contributed by atoms with Gasteiger partial charge in [-0.1, -0.05) is 18.2 Å². The Morgan fingerprint density at radius 1 is 1.24 bits per heavy atom. The molecule has 29 heavy (non-hydrogen) atoms. The molecule has 0 bridgehead atoms. The summed E-state index contributed by atoms with van der Waals surface area (Å²) in [5.41, 5.74) is 0.672. The zero-order valence-corrected chi connectivity index (χ0v) is 18.6. The van der Waals surface area contributed by atoms with Gasteiger partial charge in [-0.05, 0) is 37.3 Å². The molecular weight excluding hydrogens is 390 g/mol. The van der Waals surface area contributed by atoms with Gasteiger partial charge in [-0.2, -0.15) is 0 Å². The summed E-state index contributed by atoms with van der Waals surface area (Å²) in [7, 11) is 1.21. The number of carbonyl (C=O) groups excluding carboxylic acids is 1. The van der Waals surface area contributed by atoms with Crippen molar-refractivity contribution < 1.29 is 13.2 Å². The highest BCUT2D eigenvalue weighted by Crippen LogP contribution is 2.22. The maximum Gasteiger partial charge on any atom is 0.242 e. The molecule has 1 aromatic rings. The molecule has 0 spiro atoms. The fourth-order valence-corrected chi connectivity index (χ4v) is 4.49. The molecule has 0 aromatic heterocycles. The molecule has 1 aromatic carbocycles. The zero-order valence-electron chi connectivity index (χ0n) is 17.8. The molecule has 2 rings (SSSR count). The average Bonchev–Trinajstić information content (AvgIpc) is 2.71. The number of nitrogens with one attached hydrogen (secondary N) is 2. The highest BCUT2D eigenvalue weighted by Gasteiger charge is 2.24. The molecular formula is C20H33N5O3S. The van der Waals surface area contributed by atoms with Crippen LogP contribution in [0.3, 0.4) is 0 Å². The van der Waals surface area contributed by atoms with E-state index in [1.807, 2.05) is 13.0 Å². The second-order valence-corrected chi connectivity index (χ2v) is 9.49. The zero-order chi connectivity index (χ0) is 21.4. The number of sulfonamides is 1. The Labute approximate surface area is 174 Å². The van der Waals surface area contributed by atoms with Crippen molar-refractivity contribution in [1.82, 2.24) is 19.8 Å². The molecule has 1 amide bonds. The molecule has 0 unspecified atom stereocenters. The van der Waals surface area contributed by atoms with Gasteiger partial charge >= 0.3 is 0 Å². The van der Waals surface area contributed by atoms with Gasteiger partial charge in [-0.3, -0.25) is 4.79 Å². The van der Waals surface area contributed by atoms with Gasteiger partial charge in [0.15, 0.2) is 5.96 Å². The minimum absolute atomic E-state index is 0.0859. The maximum atomic E-state index is 12.6. The third-order valence-electron chi connectivity index (χ3n) is 5.13. The van der Waals surface area contributed by atoms with Crippen LogP contribution in [0.15, 0.2) is 34.2 Å². The van der Waals surface area contributed by atoms with Gasteiger partial charge in [-0.25, -0.2) is 17.7 Å². The Morgan fingerprint density at radius 2 is 1.90 bits per heavy atom. The number of amides is 1. The number of likely N-dealkylation sites (tertiary alicyclic amines) is 1. The van der Waals surface area contributed by atoms with Crippen LogP contribution in [0.4, 0.5) is 0 Å². The second-order valence-electron chi connectivity index (χ2n) is 7.37. The largest absolute Gasteiger partial charge is 0.359 e. The molecule has 0 atom stereocenters. The molecule has 1 saturated heterocycles. The van der Waals surface area contributed by atoms with Crippen LogP contribution in [-0.2, 0) is 21.4 Å². The van der Waals surface area contributed by atoms with Crippen molar-refractivity contribution in [3.05, 3.63) is 29.8 Å². The highest BCUT2D eigenvalue weighted by atomic mass is 32.2. The van der Waals surface area contributed by atoms with E-state index < -0.39 is 10.0 Å². The first-order valence-electron chi connectivity index (χ1n) is 10.0. The lowest BCUT2D eigenvalue weighted by atomic mass is 9.93. The molecule has 1 heterocycles. The van der Waals surface area contributed by atoms with Crippen molar-refractivity contribution in [2.45, 2.75) is 37.6 Å². The van der Waals surface area contributed by atoms with E-state index in [4.69, 9.17) is 4.99 Å². The van der Waals surface area contributed by atoms with Crippen molar-refractivity contribution >= 4 is 21.9 Å². The van der Waals surface area contributed by atoms with Crippen LogP contribution in [0.2, 0.25) is 0 Å². The van der Waals surface area contributed by atoms with Crippen LogP contribution in [0.25, 0.3) is 0 Å². The fourth-order valence-electron chi connectivity index (χ4n) is 3.38. The Balaban J connectivity index is 2.13. The summed E-state index contributed by atoms with van der Waals surface area (Å²) in [6.07, 6.45) is 2.43. The van der Waals surface area contributed by atoms with E-state index in [0.29, 0.717) is 17.9 Å². The van der Waals surface area contributed by atoms with E-state index in [1.165, 1.54) is 18.4 Å². The summed E-state index contributed by atoms with van der Waals surface area (Å²) in [5, 5.41) is 6.00. The van der Waals surface area contributed by atoms with Crippen LogP contribution in [-0.4, -0.2) is 70.3 Å². The van der Waals surface area contributed by atoms with Gasteiger partial charge in [0.05, 0.1) is 11.4 Å². The Bertz CT molecular complexity index is 815. The van der Waals surface area contributed by atoms with Gasteiger partial charge in [0.2, 0.25) is 15.9 Å². The first-order chi connectivity index (χ1) is 13.8. The second kappa shape index (κ2) is 10.6. The molecule has 1 aliphatic rings. The molecule has 0 aliphatic carbocycles. The Kier molecular flexibility index (Phi) is 8.45. The van der Waals surface area contributed by atoms with Crippen molar-refractivity contribution in [3.8, 4) is 0 Å². The number of carbonyl (C=O) groups is 1. The lowest BCUT2D eigenvalue weighted by Gasteiger charge is -2.34. The Morgan fingerprint density at radius 3 is 2.48 bits per heavy atom. The third-order valence-corrected chi connectivity index (χ3v) is 7.05. The summed E-state index contributed by atoms with van der Waals surface area (Å²) >= 11 is 0. The third kappa shape index (κ3) is 6.17. The molecule has 1 aliphatic heterocycles. The number of hydrogen-bond donors (Lipinski definition) is 2. The van der Waals surface area contributed by atoms with Gasteiger partial charge in [-0.15, -0.1) is 0 Å². The van der Waals surface area contributed by atoms with Gasteiger partial charge in [0.1, 0.15) is 0 Å². The number of guanidine groups is 1. The number of benzene rings is 1. The van der Waals surface area contributed by atoms with Crippen LogP contribution in [0, 0.1) is 5.92 Å². The van der Waals surface area contributed by atoms with Gasteiger partial charge < -0.3 is 15.5 Å². The van der Waals surface area contributed by atoms with Crippen LogP contribution in [0.5, 0.6) is 0 Å². The summed E-state index contributed by atoms with van der Waals surface area (Å²) < 4.78 is 26.4. The number of hydrogen-bond acceptors (Lipinski definition) is 4. The van der Waals surface area contributed by atoms with Gasteiger partial charge in [0.25, 0.3) is 0 Å². The van der Waals surface area contributed by atoms with Crippen molar-refractivity contribution in [2.24, 2.45) is 10.9 Å². The first-order valence-corrected chi connectivity index (χ1v) is 11.5. The first kappa shape index (κ1) is 23.2. The minimum atomic E-state index is -3.52. The maximum absolute atomic E-state index is 12.6. The molecule has 9 heteroatoms. The number of nitrogens with zero attached hydrogens (tertiary/aromatic N) is 3. The lowest BCUT2D eigenvalue weighted by molar-refractivity contribution is -0.121. The van der Waals surface area contributed by atoms with Crippen molar-refractivity contribution in [3.63, 3.8) is 0 Å². The molecule has 1 fully saturated rings. The smallest absolute Gasteiger partial charge is 0.242 e. The molecule has 162 valence electrons. The molecule has 0 radical (unpaired) electrons. The predicted octanol–water partition coefficient (Wildman–Crippen LogP) is 1.25. The van der Waals surface area contributed by atoms with E-state index in [0.717, 1.165) is 38.4 Å². The highest BCUT2D eigenvalue weighted by molar-refractivity contribution is 7.89. The number of aliphatic imine (C=N–C) groups is 1. The van der Waals surface area contributed by atoms with E-state index in [-0.39, 0.29) is 17.3 Å². The molecule has 0 saturated carbocycles. The predicted molar refractivity (Wildman–Crippen MR) is 115 cm³/mol. The monoisotopic (exact) mass is 423 g/mol. The van der Waals surface area contributed by atoms with Crippen molar-refractivity contribution in [1.29, 1.82) is 0 Å². The minimum Gasteiger partial charge on any atom is -0.359 e. The average molecular weight is 424 g/mol. The van der Waals surface area contributed by atoms with E-state index in [9.17, 15) is 13.2 Å².